The molecular formula is C20H23N3O5. The van der Waals surface area contributed by atoms with Gasteiger partial charge in [0.25, 0.3) is 17.7 Å². The van der Waals surface area contributed by atoms with Crippen LogP contribution in [0.1, 0.15) is 27.6 Å². The zero-order valence-electron chi connectivity index (χ0n) is 16.0. The normalized spacial score (nSPS) is 9.96. The van der Waals surface area contributed by atoms with Crippen LogP contribution in [0.15, 0.2) is 48.5 Å². The van der Waals surface area contributed by atoms with Gasteiger partial charge >= 0.3 is 0 Å². The molecule has 3 amide bonds. The summed E-state index contributed by atoms with van der Waals surface area (Å²) in [5.41, 5.74) is 5.37. The molecule has 0 aliphatic rings. The molecule has 0 spiro atoms. The average molecular weight is 385 g/mol. The monoisotopic (exact) mass is 385 g/mol. The fourth-order valence-electron chi connectivity index (χ4n) is 2.41. The molecule has 2 N–H and O–H groups in total. The summed E-state index contributed by atoms with van der Waals surface area (Å²) in [7, 11) is 2.98. The van der Waals surface area contributed by atoms with Crippen LogP contribution in [0.5, 0.6) is 11.5 Å². The van der Waals surface area contributed by atoms with E-state index in [0.29, 0.717) is 23.7 Å². The van der Waals surface area contributed by atoms with Gasteiger partial charge in [-0.05, 0) is 37.3 Å². The van der Waals surface area contributed by atoms with E-state index in [0.717, 1.165) is 0 Å². The molecule has 0 aromatic heterocycles. The molecule has 0 atom stereocenters. The van der Waals surface area contributed by atoms with Crippen LogP contribution in [-0.4, -0.2) is 49.9 Å². The summed E-state index contributed by atoms with van der Waals surface area (Å²) in [6, 6.07) is 13.3. The van der Waals surface area contributed by atoms with Crippen LogP contribution < -0.4 is 20.3 Å². The summed E-state index contributed by atoms with van der Waals surface area (Å²) in [5.74, 6) is -0.413. The predicted molar refractivity (Wildman–Crippen MR) is 103 cm³/mol. The fourth-order valence-corrected chi connectivity index (χ4v) is 2.41. The number of hydrogen-bond donors (Lipinski definition) is 2. The Morgan fingerprint density at radius 2 is 1.68 bits per heavy atom. The molecule has 0 aliphatic carbocycles. The molecule has 0 saturated heterocycles. The molecule has 2 aromatic carbocycles. The predicted octanol–water partition coefficient (Wildman–Crippen LogP) is 1.63. The number of ether oxygens (including phenoxy) is 2. The number of hydrogen-bond acceptors (Lipinski definition) is 5. The van der Waals surface area contributed by atoms with Crippen molar-refractivity contribution < 1.29 is 23.9 Å². The van der Waals surface area contributed by atoms with Gasteiger partial charge in [-0.1, -0.05) is 18.2 Å². The molecule has 0 unspecified atom stereocenters. The maximum atomic E-state index is 12.2. The highest BCUT2D eigenvalue weighted by Crippen LogP contribution is 2.27. The van der Waals surface area contributed by atoms with Crippen molar-refractivity contribution in [3.05, 3.63) is 59.7 Å². The number of benzene rings is 2. The van der Waals surface area contributed by atoms with Gasteiger partial charge in [-0.3, -0.25) is 25.2 Å². The minimum Gasteiger partial charge on any atom is -0.493 e. The molecule has 148 valence electrons. The number of carbonyl (C=O) groups is 3. The third-order valence-corrected chi connectivity index (χ3v) is 3.79. The van der Waals surface area contributed by atoms with Crippen molar-refractivity contribution in [3.63, 3.8) is 0 Å². The van der Waals surface area contributed by atoms with Crippen molar-refractivity contribution in [1.29, 1.82) is 0 Å². The topological polar surface area (TPSA) is 97.0 Å². The van der Waals surface area contributed by atoms with E-state index < -0.39 is 11.8 Å². The second-order valence-electron chi connectivity index (χ2n) is 5.83. The summed E-state index contributed by atoms with van der Waals surface area (Å²) < 4.78 is 10.6. The van der Waals surface area contributed by atoms with Gasteiger partial charge in [0.05, 0.1) is 13.7 Å². The Hall–Kier alpha value is -3.55. The van der Waals surface area contributed by atoms with Crippen molar-refractivity contribution in [2.45, 2.75) is 6.92 Å². The van der Waals surface area contributed by atoms with E-state index in [-0.39, 0.29) is 18.0 Å². The van der Waals surface area contributed by atoms with Gasteiger partial charge in [-0.2, -0.15) is 0 Å². The first kappa shape index (κ1) is 20.8. The molecule has 0 fully saturated rings. The Bertz CT molecular complexity index is 839. The number of likely N-dealkylation sites (N-methyl/N-ethyl adjacent to an activating group) is 1. The Labute approximate surface area is 163 Å². The van der Waals surface area contributed by atoms with Crippen molar-refractivity contribution in [3.8, 4) is 11.5 Å². The lowest BCUT2D eigenvalue weighted by atomic mass is 10.2. The van der Waals surface area contributed by atoms with E-state index >= 15 is 0 Å². The summed E-state index contributed by atoms with van der Waals surface area (Å²) in [4.78, 5) is 37.7. The fraction of sp³-hybridized carbons (Fsp3) is 0.250. The first-order valence-corrected chi connectivity index (χ1v) is 8.66. The van der Waals surface area contributed by atoms with Crippen LogP contribution in [0.2, 0.25) is 0 Å². The van der Waals surface area contributed by atoms with Crippen LogP contribution in [0.4, 0.5) is 0 Å². The van der Waals surface area contributed by atoms with Gasteiger partial charge in [0.15, 0.2) is 11.5 Å². The Morgan fingerprint density at radius 3 is 2.32 bits per heavy atom. The van der Waals surface area contributed by atoms with E-state index in [4.69, 9.17) is 9.47 Å². The number of rotatable bonds is 7. The maximum absolute atomic E-state index is 12.2. The average Bonchev–Trinajstić information content (AvgIpc) is 2.72. The summed E-state index contributed by atoms with van der Waals surface area (Å²) in [5, 5.41) is 0. The first-order valence-electron chi connectivity index (χ1n) is 8.66. The zero-order valence-corrected chi connectivity index (χ0v) is 16.0. The number of nitrogens with zero attached hydrogens (tertiary/aromatic N) is 1. The van der Waals surface area contributed by atoms with Gasteiger partial charge in [-0.15, -0.1) is 0 Å². The molecule has 2 aromatic rings. The number of amides is 3. The molecule has 0 aliphatic heterocycles. The lowest BCUT2D eigenvalue weighted by Gasteiger charge is -2.17. The highest BCUT2D eigenvalue weighted by atomic mass is 16.5. The first-order chi connectivity index (χ1) is 13.5. The highest BCUT2D eigenvalue weighted by Gasteiger charge is 2.16. The Morgan fingerprint density at radius 1 is 0.964 bits per heavy atom. The molecule has 28 heavy (non-hydrogen) atoms. The van der Waals surface area contributed by atoms with Crippen LogP contribution in [0.25, 0.3) is 0 Å². The SMILES string of the molecule is CCOc1ccc(C(=O)NNC(=O)CN(C)C(=O)c2ccccc2)cc1OC. The molecule has 0 bridgehead atoms. The minimum absolute atomic E-state index is 0.208. The lowest BCUT2D eigenvalue weighted by molar-refractivity contribution is -0.122. The number of carbonyl (C=O) groups excluding carboxylic acids is 3. The van der Waals surface area contributed by atoms with Gasteiger partial charge in [0, 0.05) is 18.2 Å². The molecule has 0 radical (unpaired) electrons. The van der Waals surface area contributed by atoms with Gasteiger partial charge in [-0.25, -0.2) is 0 Å². The van der Waals surface area contributed by atoms with Crippen LogP contribution in [-0.2, 0) is 4.79 Å². The second-order valence-corrected chi connectivity index (χ2v) is 5.83. The van der Waals surface area contributed by atoms with E-state index in [1.807, 2.05) is 6.92 Å². The Balaban J connectivity index is 1.90. The third-order valence-electron chi connectivity index (χ3n) is 3.79. The number of nitrogens with one attached hydrogen (secondary N) is 2. The zero-order chi connectivity index (χ0) is 20.5. The molecule has 8 heteroatoms. The maximum Gasteiger partial charge on any atom is 0.269 e. The van der Waals surface area contributed by atoms with Crippen LogP contribution >= 0.6 is 0 Å². The molecule has 8 nitrogen and oxygen atoms in total. The van der Waals surface area contributed by atoms with Gasteiger partial charge in [0.1, 0.15) is 6.54 Å². The van der Waals surface area contributed by atoms with E-state index in [9.17, 15) is 14.4 Å². The van der Waals surface area contributed by atoms with Crippen LogP contribution in [0.3, 0.4) is 0 Å². The van der Waals surface area contributed by atoms with Crippen molar-refractivity contribution in [2.75, 3.05) is 27.3 Å². The number of methoxy groups -OCH3 is 1. The van der Waals surface area contributed by atoms with E-state index in [2.05, 4.69) is 10.9 Å². The smallest absolute Gasteiger partial charge is 0.269 e. The van der Waals surface area contributed by atoms with E-state index in [1.54, 1.807) is 42.5 Å². The third kappa shape index (κ3) is 5.47. The Kier molecular flexibility index (Phi) is 7.38. The summed E-state index contributed by atoms with van der Waals surface area (Å²) >= 11 is 0. The molecular weight excluding hydrogens is 362 g/mol. The second kappa shape index (κ2) is 9.96. The summed E-state index contributed by atoms with van der Waals surface area (Å²) in [6.07, 6.45) is 0. The summed E-state index contributed by atoms with van der Waals surface area (Å²) in [6.45, 7) is 2.10. The minimum atomic E-state index is -0.530. The van der Waals surface area contributed by atoms with Crippen molar-refractivity contribution in [2.24, 2.45) is 0 Å². The lowest BCUT2D eigenvalue weighted by Crippen LogP contribution is -2.46. The van der Waals surface area contributed by atoms with Gasteiger partial charge in [0.2, 0.25) is 0 Å². The largest absolute Gasteiger partial charge is 0.493 e. The van der Waals surface area contributed by atoms with Gasteiger partial charge < -0.3 is 14.4 Å². The van der Waals surface area contributed by atoms with Crippen LogP contribution in [0, 0.1) is 0 Å². The molecule has 0 heterocycles. The number of hydrazine groups is 1. The van der Waals surface area contributed by atoms with Crippen molar-refractivity contribution in [1.82, 2.24) is 15.8 Å². The molecule has 2 rings (SSSR count). The van der Waals surface area contributed by atoms with E-state index in [1.165, 1.54) is 25.1 Å². The molecule has 0 saturated carbocycles. The standard InChI is InChI=1S/C20H23N3O5/c1-4-28-16-11-10-15(12-17(16)27-3)19(25)22-21-18(24)13-23(2)20(26)14-8-6-5-7-9-14/h5-12H,4,13H2,1-3H3,(H,21,24)(H,22,25). The van der Waals surface area contributed by atoms with Crippen molar-refractivity contribution >= 4 is 17.7 Å². The highest BCUT2D eigenvalue weighted by molar-refractivity contribution is 5.98. The quantitative estimate of drug-likeness (QED) is 0.706.